The van der Waals surface area contributed by atoms with Crippen LogP contribution >= 0.6 is 0 Å². The molecule has 1 unspecified atom stereocenters. The Bertz CT molecular complexity index is 462. The van der Waals surface area contributed by atoms with E-state index in [1.165, 1.54) is 7.11 Å². The molecule has 0 saturated carbocycles. The summed E-state index contributed by atoms with van der Waals surface area (Å²) in [6, 6.07) is 3.16. The lowest BCUT2D eigenvalue weighted by atomic mass is 10.3. The lowest BCUT2D eigenvalue weighted by Gasteiger charge is -2.21. The number of esters is 1. The molecule has 1 N–H and O–H groups in total. The zero-order valence-corrected chi connectivity index (χ0v) is 11.6. The van der Waals surface area contributed by atoms with E-state index in [1.807, 2.05) is 13.0 Å². The summed E-state index contributed by atoms with van der Waals surface area (Å²) in [5, 5.41) is 2.68. The van der Waals surface area contributed by atoms with Crippen LogP contribution in [0.5, 0.6) is 0 Å². The zero-order chi connectivity index (χ0) is 14.4. The molecule has 0 spiro atoms. The van der Waals surface area contributed by atoms with Gasteiger partial charge in [0.05, 0.1) is 13.7 Å². The first kappa shape index (κ1) is 15.1. The van der Waals surface area contributed by atoms with Crippen molar-refractivity contribution in [1.29, 1.82) is 0 Å². The van der Waals surface area contributed by atoms with Gasteiger partial charge in [-0.15, -0.1) is 0 Å². The number of hydrogen-bond acceptors (Lipinski definition) is 5. The first-order chi connectivity index (χ1) is 8.93. The van der Waals surface area contributed by atoms with Gasteiger partial charge in [-0.25, -0.2) is 4.98 Å². The number of carbonyl (C=O) groups is 2. The standard InChI is InChI=1S/C13H19N3O3/c1-9-5-6-14-11(7-9)15-12(17)8-16(3)10(2)13(18)19-4/h5-7,10H,8H2,1-4H3,(H,14,15,17). The molecule has 0 radical (unpaired) electrons. The van der Waals surface area contributed by atoms with E-state index in [0.29, 0.717) is 5.82 Å². The number of nitrogens with zero attached hydrogens (tertiary/aromatic N) is 2. The Labute approximate surface area is 112 Å². The number of hydrogen-bond donors (Lipinski definition) is 1. The SMILES string of the molecule is COC(=O)C(C)N(C)CC(=O)Nc1cc(C)ccn1. The van der Waals surface area contributed by atoms with Gasteiger partial charge in [-0.1, -0.05) is 0 Å². The minimum atomic E-state index is -0.471. The van der Waals surface area contributed by atoms with Crippen molar-refractivity contribution in [3.63, 3.8) is 0 Å². The maximum Gasteiger partial charge on any atom is 0.322 e. The molecule has 6 nitrogen and oxygen atoms in total. The Morgan fingerprint density at radius 1 is 1.53 bits per heavy atom. The molecule has 1 heterocycles. The minimum absolute atomic E-state index is 0.0892. The van der Waals surface area contributed by atoms with Crippen LogP contribution in [0.15, 0.2) is 18.3 Å². The topological polar surface area (TPSA) is 71.5 Å². The number of nitrogens with one attached hydrogen (secondary N) is 1. The second kappa shape index (κ2) is 6.84. The van der Waals surface area contributed by atoms with Gasteiger partial charge in [0.1, 0.15) is 11.9 Å². The number of anilines is 1. The van der Waals surface area contributed by atoms with Crippen molar-refractivity contribution in [3.8, 4) is 0 Å². The van der Waals surface area contributed by atoms with Crippen molar-refractivity contribution < 1.29 is 14.3 Å². The Morgan fingerprint density at radius 3 is 2.79 bits per heavy atom. The van der Waals surface area contributed by atoms with Crippen LogP contribution in [0, 0.1) is 6.92 Å². The first-order valence-corrected chi connectivity index (χ1v) is 5.94. The summed E-state index contributed by atoms with van der Waals surface area (Å²) in [6.07, 6.45) is 1.63. The molecule has 0 fully saturated rings. The highest BCUT2D eigenvalue weighted by molar-refractivity contribution is 5.91. The highest BCUT2D eigenvalue weighted by Gasteiger charge is 2.20. The minimum Gasteiger partial charge on any atom is -0.468 e. The molecule has 1 atom stereocenters. The number of rotatable bonds is 5. The van der Waals surface area contributed by atoms with Crippen LogP contribution in [0.4, 0.5) is 5.82 Å². The van der Waals surface area contributed by atoms with Crippen molar-refractivity contribution in [2.75, 3.05) is 26.0 Å². The van der Waals surface area contributed by atoms with E-state index < -0.39 is 6.04 Å². The molecular formula is C13H19N3O3. The third kappa shape index (κ3) is 4.67. The smallest absolute Gasteiger partial charge is 0.322 e. The Kier molecular flexibility index (Phi) is 5.44. The number of likely N-dealkylation sites (N-methyl/N-ethyl adjacent to an activating group) is 1. The fraction of sp³-hybridized carbons (Fsp3) is 0.462. The lowest BCUT2D eigenvalue weighted by molar-refractivity contribution is -0.146. The van der Waals surface area contributed by atoms with E-state index in [0.717, 1.165) is 5.56 Å². The van der Waals surface area contributed by atoms with Crippen LogP contribution in [-0.2, 0) is 14.3 Å². The van der Waals surface area contributed by atoms with Gasteiger partial charge in [-0.05, 0) is 38.6 Å². The summed E-state index contributed by atoms with van der Waals surface area (Å²) in [7, 11) is 3.01. The number of amides is 1. The molecule has 6 heteroatoms. The van der Waals surface area contributed by atoms with Crippen molar-refractivity contribution >= 4 is 17.7 Å². The second-order valence-corrected chi connectivity index (χ2v) is 4.38. The quantitative estimate of drug-likeness (QED) is 0.798. The van der Waals surface area contributed by atoms with Crippen molar-refractivity contribution in [1.82, 2.24) is 9.88 Å². The number of ether oxygens (including phenoxy) is 1. The van der Waals surface area contributed by atoms with Gasteiger partial charge in [0, 0.05) is 6.20 Å². The van der Waals surface area contributed by atoms with Gasteiger partial charge in [0.2, 0.25) is 5.91 Å². The molecule has 1 amide bonds. The fourth-order valence-electron chi connectivity index (χ4n) is 1.50. The number of methoxy groups -OCH3 is 1. The van der Waals surface area contributed by atoms with Crippen LogP contribution in [0.1, 0.15) is 12.5 Å². The molecular weight excluding hydrogens is 246 g/mol. The molecule has 1 rings (SSSR count). The van der Waals surface area contributed by atoms with Crippen LogP contribution in [0.3, 0.4) is 0 Å². The normalized spacial score (nSPS) is 12.1. The van der Waals surface area contributed by atoms with Crippen molar-refractivity contribution in [2.24, 2.45) is 0 Å². The van der Waals surface area contributed by atoms with Crippen LogP contribution in [-0.4, -0.2) is 48.5 Å². The first-order valence-electron chi connectivity index (χ1n) is 5.94. The van der Waals surface area contributed by atoms with Gasteiger partial charge in [0.15, 0.2) is 0 Å². The van der Waals surface area contributed by atoms with Crippen LogP contribution in [0.25, 0.3) is 0 Å². The number of aromatic nitrogens is 1. The number of pyridine rings is 1. The lowest BCUT2D eigenvalue weighted by Crippen LogP contribution is -2.41. The van der Waals surface area contributed by atoms with Crippen molar-refractivity contribution in [2.45, 2.75) is 19.9 Å². The van der Waals surface area contributed by atoms with Gasteiger partial charge >= 0.3 is 5.97 Å². The van der Waals surface area contributed by atoms with Gasteiger partial charge in [-0.2, -0.15) is 0 Å². The molecule has 0 bridgehead atoms. The van der Waals surface area contributed by atoms with E-state index in [9.17, 15) is 9.59 Å². The van der Waals surface area contributed by atoms with Gasteiger partial charge in [-0.3, -0.25) is 14.5 Å². The Balaban J connectivity index is 2.53. The zero-order valence-electron chi connectivity index (χ0n) is 11.6. The van der Waals surface area contributed by atoms with E-state index in [2.05, 4.69) is 15.0 Å². The molecule has 0 saturated heterocycles. The van der Waals surface area contributed by atoms with Gasteiger partial charge < -0.3 is 10.1 Å². The molecule has 0 aromatic carbocycles. The number of carbonyl (C=O) groups excluding carboxylic acids is 2. The summed E-state index contributed by atoms with van der Waals surface area (Å²) in [5.74, 6) is -0.0931. The second-order valence-electron chi connectivity index (χ2n) is 4.38. The maximum absolute atomic E-state index is 11.8. The summed E-state index contributed by atoms with van der Waals surface area (Å²) in [5.41, 5.74) is 1.02. The van der Waals surface area contributed by atoms with E-state index in [1.54, 1.807) is 31.1 Å². The largest absolute Gasteiger partial charge is 0.468 e. The third-order valence-electron chi connectivity index (χ3n) is 2.78. The summed E-state index contributed by atoms with van der Waals surface area (Å²) in [4.78, 5) is 28.8. The molecule has 19 heavy (non-hydrogen) atoms. The Morgan fingerprint density at radius 2 is 2.21 bits per heavy atom. The Hall–Kier alpha value is -1.95. The molecule has 0 aliphatic carbocycles. The van der Waals surface area contributed by atoms with E-state index in [4.69, 9.17) is 0 Å². The van der Waals surface area contributed by atoms with Crippen LogP contribution in [0.2, 0.25) is 0 Å². The van der Waals surface area contributed by atoms with Crippen molar-refractivity contribution in [3.05, 3.63) is 23.9 Å². The summed E-state index contributed by atoms with van der Waals surface area (Å²) >= 11 is 0. The molecule has 1 aromatic heterocycles. The molecule has 104 valence electrons. The third-order valence-corrected chi connectivity index (χ3v) is 2.78. The van der Waals surface area contributed by atoms with E-state index >= 15 is 0 Å². The highest BCUT2D eigenvalue weighted by Crippen LogP contribution is 2.05. The predicted octanol–water partition coefficient (Wildman–Crippen LogP) is 0.822. The van der Waals surface area contributed by atoms with Gasteiger partial charge in [0.25, 0.3) is 0 Å². The molecule has 0 aliphatic rings. The number of aryl methyl sites for hydroxylation is 1. The average Bonchev–Trinajstić information content (AvgIpc) is 2.36. The fourth-order valence-corrected chi connectivity index (χ4v) is 1.50. The molecule has 1 aromatic rings. The predicted molar refractivity (Wildman–Crippen MR) is 71.7 cm³/mol. The van der Waals surface area contributed by atoms with E-state index in [-0.39, 0.29) is 18.4 Å². The highest BCUT2D eigenvalue weighted by atomic mass is 16.5. The van der Waals surface area contributed by atoms with Crippen LogP contribution < -0.4 is 5.32 Å². The maximum atomic E-state index is 11.8. The monoisotopic (exact) mass is 265 g/mol. The molecule has 0 aliphatic heterocycles. The summed E-state index contributed by atoms with van der Waals surface area (Å²) in [6.45, 7) is 3.69. The summed E-state index contributed by atoms with van der Waals surface area (Å²) < 4.78 is 4.62. The average molecular weight is 265 g/mol.